The summed E-state index contributed by atoms with van der Waals surface area (Å²) in [5.74, 6) is -2.81. The highest BCUT2D eigenvalue weighted by Gasteiger charge is 2.29. The van der Waals surface area contributed by atoms with Crippen molar-refractivity contribution in [3.05, 3.63) is 102 Å². The van der Waals surface area contributed by atoms with Gasteiger partial charge in [0.15, 0.2) is 0 Å². The molecular formula is C24H21N3O4. The van der Waals surface area contributed by atoms with Crippen LogP contribution < -0.4 is 16.1 Å². The SMILES string of the molecule is O=C(/C=C/c1cccc(C(C(=O)Nc2ccccc2)C(=O)Nc2ccccc2)c1)NO. The van der Waals surface area contributed by atoms with Crippen LogP contribution in [0.3, 0.4) is 0 Å². The van der Waals surface area contributed by atoms with E-state index >= 15 is 0 Å². The Labute approximate surface area is 179 Å². The second-order valence-electron chi connectivity index (χ2n) is 6.62. The van der Waals surface area contributed by atoms with Crippen LogP contribution in [0.5, 0.6) is 0 Å². The first-order valence-corrected chi connectivity index (χ1v) is 9.51. The molecule has 7 heteroatoms. The molecule has 0 aliphatic heterocycles. The lowest BCUT2D eigenvalue weighted by molar-refractivity contribution is -0.126. The van der Waals surface area contributed by atoms with Crippen LogP contribution in [0.1, 0.15) is 17.0 Å². The Morgan fingerprint density at radius 2 is 1.29 bits per heavy atom. The highest BCUT2D eigenvalue weighted by molar-refractivity contribution is 6.15. The van der Waals surface area contributed by atoms with Gasteiger partial charge in [-0.1, -0.05) is 60.7 Å². The molecule has 0 aliphatic carbocycles. The quantitative estimate of drug-likeness (QED) is 0.205. The Morgan fingerprint density at radius 1 is 0.742 bits per heavy atom. The summed E-state index contributed by atoms with van der Waals surface area (Å²) in [6, 6.07) is 24.4. The van der Waals surface area contributed by atoms with Crippen molar-refractivity contribution in [3.8, 4) is 0 Å². The first-order valence-electron chi connectivity index (χ1n) is 9.51. The molecule has 0 bridgehead atoms. The average Bonchev–Trinajstić information content (AvgIpc) is 2.79. The van der Waals surface area contributed by atoms with Gasteiger partial charge in [0.1, 0.15) is 5.92 Å². The molecule has 0 aromatic heterocycles. The molecular weight excluding hydrogens is 394 g/mol. The second-order valence-corrected chi connectivity index (χ2v) is 6.62. The fourth-order valence-corrected chi connectivity index (χ4v) is 2.95. The summed E-state index contributed by atoms with van der Waals surface area (Å²) < 4.78 is 0. The fourth-order valence-electron chi connectivity index (χ4n) is 2.95. The van der Waals surface area contributed by atoms with Crippen molar-refractivity contribution < 1.29 is 19.6 Å². The number of hydrogen-bond donors (Lipinski definition) is 4. The van der Waals surface area contributed by atoms with Crippen molar-refractivity contribution in [2.24, 2.45) is 0 Å². The van der Waals surface area contributed by atoms with Gasteiger partial charge in [0.2, 0.25) is 11.8 Å². The van der Waals surface area contributed by atoms with Crippen molar-refractivity contribution in [3.63, 3.8) is 0 Å². The first kappa shape index (κ1) is 21.5. The number of nitrogens with one attached hydrogen (secondary N) is 3. The molecule has 0 saturated heterocycles. The largest absolute Gasteiger partial charge is 0.325 e. The lowest BCUT2D eigenvalue weighted by Crippen LogP contribution is -2.32. The van der Waals surface area contributed by atoms with Crippen molar-refractivity contribution in [1.29, 1.82) is 0 Å². The number of benzene rings is 3. The predicted octanol–water partition coefficient (Wildman–Crippen LogP) is 3.57. The second kappa shape index (κ2) is 10.5. The van der Waals surface area contributed by atoms with E-state index in [9.17, 15) is 14.4 Å². The van der Waals surface area contributed by atoms with Crippen LogP contribution in [-0.2, 0) is 14.4 Å². The molecule has 0 atom stereocenters. The average molecular weight is 415 g/mol. The van der Waals surface area contributed by atoms with Gasteiger partial charge in [0.05, 0.1) is 0 Å². The maximum Gasteiger partial charge on any atom is 0.267 e. The molecule has 156 valence electrons. The van der Waals surface area contributed by atoms with E-state index in [-0.39, 0.29) is 0 Å². The Morgan fingerprint density at radius 3 is 1.81 bits per heavy atom. The molecule has 7 nitrogen and oxygen atoms in total. The molecule has 0 saturated carbocycles. The van der Waals surface area contributed by atoms with Crippen LogP contribution in [0.4, 0.5) is 11.4 Å². The minimum atomic E-state index is -1.14. The molecule has 0 fully saturated rings. The highest BCUT2D eigenvalue weighted by atomic mass is 16.5. The summed E-state index contributed by atoms with van der Waals surface area (Å²) in [4.78, 5) is 37.4. The van der Waals surface area contributed by atoms with E-state index in [1.54, 1.807) is 72.8 Å². The first-order chi connectivity index (χ1) is 15.1. The maximum absolute atomic E-state index is 13.1. The van der Waals surface area contributed by atoms with Crippen LogP contribution in [0, 0.1) is 0 Å². The van der Waals surface area contributed by atoms with E-state index in [1.807, 2.05) is 12.1 Å². The van der Waals surface area contributed by atoms with Crippen molar-refractivity contribution in [2.75, 3.05) is 10.6 Å². The number of anilines is 2. The summed E-state index contributed by atoms with van der Waals surface area (Å²) >= 11 is 0. The molecule has 0 aliphatic rings. The van der Waals surface area contributed by atoms with Crippen LogP contribution >= 0.6 is 0 Å². The lowest BCUT2D eigenvalue weighted by Gasteiger charge is -2.18. The molecule has 4 N–H and O–H groups in total. The zero-order chi connectivity index (χ0) is 22.1. The molecule has 0 heterocycles. The van der Waals surface area contributed by atoms with E-state index in [2.05, 4.69) is 10.6 Å². The monoisotopic (exact) mass is 415 g/mol. The van der Waals surface area contributed by atoms with Gasteiger partial charge in [-0.25, -0.2) is 5.48 Å². The number of amides is 3. The van der Waals surface area contributed by atoms with E-state index in [0.717, 1.165) is 6.08 Å². The van der Waals surface area contributed by atoms with Crippen molar-refractivity contribution in [2.45, 2.75) is 5.92 Å². The third-order valence-electron chi connectivity index (χ3n) is 4.39. The normalized spacial score (nSPS) is 10.6. The molecule has 0 unspecified atom stereocenters. The number of rotatable bonds is 7. The minimum Gasteiger partial charge on any atom is -0.325 e. The summed E-state index contributed by atoms with van der Waals surface area (Å²) in [6.45, 7) is 0. The molecule has 0 radical (unpaired) electrons. The smallest absolute Gasteiger partial charge is 0.267 e. The molecule has 0 spiro atoms. The Balaban J connectivity index is 1.91. The summed E-state index contributed by atoms with van der Waals surface area (Å²) in [6.07, 6.45) is 2.61. The third-order valence-corrected chi connectivity index (χ3v) is 4.39. The standard InChI is InChI=1S/C24H21N3O4/c28-21(27-31)15-14-17-8-7-9-18(16-17)22(23(29)25-19-10-3-1-4-11-19)24(30)26-20-12-5-2-6-13-20/h1-16,22,31H,(H,25,29)(H,26,30)(H,27,28)/b15-14+. The molecule has 3 amide bonds. The number of hydrogen-bond acceptors (Lipinski definition) is 4. The molecule has 3 aromatic carbocycles. The van der Waals surface area contributed by atoms with Gasteiger partial charge in [-0.15, -0.1) is 0 Å². The van der Waals surface area contributed by atoms with E-state index in [0.29, 0.717) is 22.5 Å². The van der Waals surface area contributed by atoms with E-state index in [4.69, 9.17) is 5.21 Å². The molecule has 31 heavy (non-hydrogen) atoms. The number of para-hydroxylation sites is 2. The lowest BCUT2D eigenvalue weighted by atomic mass is 9.95. The van der Waals surface area contributed by atoms with Gasteiger partial charge in [0, 0.05) is 17.5 Å². The highest BCUT2D eigenvalue weighted by Crippen LogP contribution is 2.23. The van der Waals surface area contributed by atoms with Crippen LogP contribution in [0.2, 0.25) is 0 Å². The summed E-state index contributed by atoms with van der Waals surface area (Å²) in [5.41, 5.74) is 3.69. The van der Waals surface area contributed by atoms with Crippen LogP contribution in [0.25, 0.3) is 6.08 Å². The Kier molecular flexibility index (Phi) is 7.29. The maximum atomic E-state index is 13.1. The number of hydroxylamine groups is 1. The predicted molar refractivity (Wildman–Crippen MR) is 118 cm³/mol. The van der Waals surface area contributed by atoms with Gasteiger partial charge in [0.25, 0.3) is 5.91 Å². The number of carbonyl (C=O) groups is 3. The van der Waals surface area contributed by atoms with Crippen molar-refractivity contribution >= 4 is 35.2 Å². The van der Waals surface area contributed by atoms with Gasteiger partial charge in [-0.05, 0) is 41.5 Å². The number of carbonyl (C=O) groups excluding carboxylic acids is 3. The van der Waals surface area contributed by atoms with Gasteiger partial charge in [-0.3, -0.25) is 19.6 Å². The zero-order valence-corrected chi connectivity index (χ0v) is 16.5. The summed E-state index contributed by atoms with van der Waals surface area (Å²) in [5, 5.41) is 14.2. The van der Waals surface area contributed by atoms with Crippen molar-refractivity contribution in [1.82, 2.24) is 5.48 Å². The molecule has 3 rings (SSSR count). The Bertz CT molecular complexity index is 1030. The van der Waals surface area contributed by atoms with Crippen LogP contribution in [0.15, 0.2) is 91.0 Å². The third kappa shape index (κ3) is 6.12. The minimum absolute atomic E-state index is 0.452. The summed E-state index contributed by atoms with van der Waals surface area (Å²) in [7, 11) is 0. The Hall–Kier alpha value is -4.23. The molecule has 3 aromatic rings. The fraction of sp³-hybridized carbons (Fsp3) is 0.0417. The zero-order valence-electron chi connectivity index (χ0n) is 16.5. The van der Waals surface area contributed by atoms with E-state index in [1.165, 1.54) is 11.6 Å². The van der Waals surface area contributed by atoms with E-state index < -0.39 is 23.6 Å². The van der Waals surface area contributed by atoms with Gasteiger partial charge >= 0.3 is 0 Å². The van der Waals surface area contributed by atoms with Crippen LogP contribution in [-0.4, -0.2) is 22.9 Å². The topological polar surface area (TPSA) is 108 Å². The van der Waals surface area contributed by atoms with Gasteiger partial charge < -0.3 is 10.6 Å². The van der Waals surface area contributed by atoms with Gasteiger partial charge in [-0.2, -0.15) is 0 Å².